The van der Waals surface area contributed by atoms with Gasteiger partial charge >= 0.3 is 5.69 Å². The lowest BCUT2D eigenvalue weighted by Gasteiger charge is -2.10. The Hall–Kier alpha value is -3.14. The fourth-order valence-corrected chi connectivity index (χ4v) is 1.80. The summed E-state index contributed by atoms with van der Waals surface area (Å²) in [4.78, 5) is 35.7. The largest absolute Gasteiger partial charge is 0.365 e. The molecule has 21 heavy (non-hydrogen) atoms. The maximum atomic E-state index is 12.9. The molecule has 6 nitrogen and oxygen atoms in total. The SMILES string of the molecule is C#CCn1cc(C(N)=O)c(=O)n(-c2ccc(F)cc2)c1=O. The van der Waals surface area contributed by atoms with Crippen LogP contribution in [0.3, 0.4) is 0 Å². The highest BCUT2D eigenvalue weighted by atomic mass is 19.1. The number of carbonyl (C=O) groups excluding carboxylic acids is 1. The topological polar surface area (TPSA) is 87.1 Å². The molecule has 0 radical (unpaired) electrons. The van der Waals surface area contributed by atoms with Crippen molar-refractivity contribution in [2.45, 2.75) is 6.54 Å². The fourth-order valence-electron chi connectivity index (χ4n) is 1.80. The van der Waals surface area contributed by atoms with Crippen molar-refractivity contribution < 1.29 is 9.18 Å². The van der Waals surface area contributed by atoms with E-state index < -0.39 is 23.0 Å². The third-order valence-corrected chi connectivity index (χ3v) is 2.77. The van der Waals surface area contributed by atoms with Gasteiger partial charge in [0.2, 0.25) is 0 Å². The van der Waals surface area contributed by atoms with Crippen LogP contribution in [0.1, 0.15) is 10.4 Å². The molecule has 0 saturated heterocycles. The molecule has 2 aromatic rings. The normalized spacial score (nSPS) is 10.1. The second kappa shape index (κ2) is 5.46. The Labute approximate surface area is 118 Å². The molecule has 2 rings (SSSR count). The van der Waals surface area contributed by atoms with Crippen molar-refractivity contribution in [3.8, 4) is 18.0 Å². The van der Waals surface area contributed by atoms with Crippen LogP contribution in [0.15, 0.2) is 40.1 Å². The van der Waals surface area contributed by atoms with Gasteiger partial charge in [0.1, 0.15) is 11.4 Å². The van der Waals surface area contributed by atoms with E-state index in [-0.39, 0.29) is 17.8 Å². The Morgan fingerprint density at radius 3 is 2.43 bits per heavy atom. The standard InChI is InChI=1S/C14H10FN3O3/c1-2-7-17-8-11(12(16)19)13(20)18(14(17)21)10-5-3-9(15)4-6-10/h1,3-6,8H,7H2,(H2,16,19). The molecule has 0 aliphatic rings. The van der Waals surface area contributed by atoms with Crippen LogP contribution in [0, 0.1) is 18.2 Å². The number of amides is 1. The van der Waals surface area contributed by atoms with Crippen LogP contribution in [-0.2, 0) is 6.54 Å². The molecule has 0 bridgehead atoms. The van der Waals surface area contributed by atoms with E-state index in [4.69, 9.17) is 12.2 Å². The first-order valence-electron chi connectivity index (χ1n) is 5.81. The van der Waals surface area contributed by atoms with Gasteiger partial charge in [-0.3, -0.25) is 14.2 Å². The molecule has 1 aromatic carbocycles. The average molecular weight is 287 g/mol. The number of nitrogens with two attached hydrogens (primary N) is 1. The maximum absolute atomic E-state index is 12.9. The van der Waals surface area contributed by atoms with E-state index in [0.29, 0.717) is 0 Å². The number of terminal acetylenes is 1. The van der Waals surface area contributed by atoms with E-state index in [2.05, 4.69) is 5.92 Å². The summed E-state index contributed by atoms with van der Waals surface area (Å²) in [6.45, 7) is -0.138. The predicted octanol–water partition coefficient (Wildman–Crippen LogP) is -0.130. The van der Waals surface area contributed by atoms with Crippen molar-refractivity contribution in [2.75, 3.05) is 0 Å². The highest BCUT2D eigenvalue weighted by Gasteiger charge is 2.16. The Kier molecular flexibility index (Phi) is 3.71. The lowest BCUT2D eigenvalue weighted by molar-refractivity contribution is 0.0997. The van der Waals surface area contributed by atoms with Gasteiger partial charge in [0, 0.05) is 6.20 Å². The quantitative estimate of drug-likeness (QED) is 0.798. The zero-order valence-electron chi connectivity index (χ0n) is 10.7. The first kappa shape index (κ1) is 14.3. The van der Waals surface area contributed by atoms with Gasteiger partial charge in [-0.25, -0.2) is 13.8 Å². The Bertz CT molecular complexity index is 857. The Balaban J connectivity index is 2.84. The second-order valence-electron chi connectivity index (χ2n) is 4.14. The molecular weight excluding hydrogens is 277 g/mol. The van der Waals surface area contributed by atoms with Crippen LogP contribution < -0.4 is 17.0 Å². The molecule has 0 aliphatic heterocycles. The number of carbonyl (C=O) groups is 1. The number of aromatic nitrogens is 2. The predicted molar refractivity (Wildman–Crippen MR) is 73.6 cm³/mol. The zero-order chi connectivity index (χ0) is 15.6. The molecule has 2 N–H and O–H groups in total. The molecule has 1 heterocycles. The number of nitrogens with zero attached hydrogens (tertiary/aromatic N) is 2. The lowest BCUT2D eigenvalue weighted by Crippen LogP contribution is -2.42. The zero-order valence-corrected chi connectivity index (χ0v) is 10.7. The van der Waals surface area contributed by atoms with Gasteiger partial charge in [0.05, 0.1) is 12.2 Å². The summed E-state index contributed by atoms with van der Waals surface area (Å²) in [5.41, 5.74) is 3.23. The molecule has 0 spiro atoms. The Morgan fingerprint density at radius 1 is 1.29 bits per heavy atom. The number of rotatable bonds is 3. The van der Waals surface area contributed by atoms with Crippen molar-refractivity contribution in [3.63, 3.8) is 0 Å². The van der Waals surface area contributed by atoms with Crippen LogP contribution in [0.4, 0.5) is 4.39 Å². The van der Waals surface area contributed by atoms with Crippen LogP contribution in [-0.4, -0.2) is 15.0 Å². The minimum atomic E-state index is -0.985. The van der Waals surface area contributed by atoms with E-state index in [1.54, 1.807) is 0 Å². The van der Waals surface area contributed by atoms with Gasteiger partial charge in [0.15, 0.2) is 0 Å². The van der Waals surface area contributed by atoms with E-state index in [0.717, 1.165) is 27.5 Å². The van der Waals surface area contributed by atoms with Gasteiger partial charge in [-0.15, -0.1) is 6.42 Å². The monoisotopic (exact) mass is 287 g/mol. The summed E-state index contributed by atoms with van der Waals surface area (Å²) >= 11 is 0. The molecule has 7 heteroatoms. The fraction of sp³-hybridized carbons (Fsp3) is 0.0714. The second-order valence-corrected chi connectivity index (χ2v) is 4.14. The van der Waals surface area contributed by atoms with Crippen molar-refractivity contribution in [3.05, 3.63) is 62.7 Å². The van der Waals surface area contributed by atoms with Gasteiger partial charge in [-0.2, -0.15) is 0 Å². The molecular formula is C14H10FN3O3. The minimum absolute atomic E-state index is 0.111. The minimum Gasteiger partial charge on any atom is -0.365 e. The molecule has 1 amide bonds. The highest BCUT2D eigenvalue weighted by molar-refractivity contribution is 5.92. The molecule has 106 valence electrons. The summed E-state index contributed by atoms with van der Waals surface area (Å²) < 4.78 is 14.7. The van der Waals surface area contributed by atoms with E-state index in [9.17, 15) is 18.8 Å². The summed E-state index contributed by atoms with van der Waals surface area (Å²) in [5, 5.41) is 0. The molecule has 0 atom stereocenters. The number of hydrogen-bond donors (Lipinski definition) is 1. The molecule has 0 aliphatic carbocycles. The number of benzene rings is 1. The van der Waals surface area contributed by atoms with Gasteiger partial charge in [-0.05, 0) is 24.3 Å². The number of hydrogen-bond acceptors (Lipinski definition) is 3. The van der Waals surface area contributed by atoms with Gasteiger partial charge < -0.3 is 5.73 Å². The number of halogens is 1. The van der Waals surface area contributed by atoms with Crippen molar-refractivity contribution in [2.24, 2.45) is 5.73 Å². The lowest BCUT2D eigenvalue weighted by atomic mass is 10.2. The summed E-state index contributed by atoms with van der Waals surface area (Å²) in [5.74, 6) is 0.723. The van der Waals surface area contributed by atoms with Gasteiger partial charge in [-0.1, -0.05) is 5.92 Å². The summed E-state index contributed by atoms with van der Waals surface area (Å²) in [7, 11) is 0. The third-order valence-electron chi connectivity index (χ3n) is 2.77. The molecule has 0 saturated carbocycles. The van der Waals surface area contributed by atoms with Crippen molar-refractivity contribution >= 4 is 5.91 Å². The first-order chi connectivity index (χ1) is 9.95. The van der Waals surface area contributed by atoms with Crippen LogP contribution in [0.25, 0.3) is 5.69 Å². The third kappa shape index (κ3) is 2.60. The highest BCUT2D eigenvalue weighted by Crippen LogP contribution is 2.05. The molecule has 1 aromatic heterocycles. The maximum Gasteiger partial charge on any atom is 0.336 e. The summed E-state index contributed by atoms with van der Waals surface area (Å²) in [6.07, 6.45) is 6.16. The van der Waals surface area contributed by atoms with Crippen LogP contribution in [0.2, 0.25) is 0 Å². The van der Waals surface area contributed by atoms with E-state index in [1.165, 1.54) is 12.1 Å². The van der Waals surface area contributed by atoms with E-state index in [1.807, 2.05) is 0 Å². The van der Waals surface area contributed by atoms with Crippen LogP contribution >= 0.6 is 0 Å². The molecule has 0 unspecified atom stereocenters. The van der Waals surface area contributed by atoms with Crippen LogP contribution in [0.5, 0.6) is 0 Å². The molecule has 0 fully saturated rings. The Morgan fingerprint density at radius 2 is 1.90 bits per heavy atom. The van der Waals surface area contributed by atoms with Crippen molar-refractivity contribution in [1.29, 1.82) is 0 Å². The average Bonchev–Trinajstić information content (AvgIpc) is 2.44. The van der Waals surface area contributed by atoms with E-state index >= 15 is 0 Å². The van der Waals surface area contributed by atoms with Crippen molar-refractivity contribution in [1.82, 2.24) is 9.13 Å². The summed E-state index contributed by atoms with van der Waals surface area (Å²) in [6, 6.07) is 4.65. The number of primary amides is 1. The first-order valence-corrected chi connectivity index (χ1v) is 5.81. The van der Waals surface area contributed by atoms with Gasteiger partial charge in [0.25, 0.3) is 11.5 Å². The smallest absolute Gasteiger partial charge is 0.336 e.